The Labute approximate surface area is 222 Å². The molecule has 0 unspecified atom stereocenters. The van der Waals surface area contributed by atoms with Crippen LogP contribution in [0.25, 0.3) is 0 Å². The lowest BCUT2D eigenvalue weighted by Gasteiger charge is -2.11. The molecule has 2 N–H and O–H groups in total. The van der Waals surface area contributed by atoms with Crippen molar-refractivity contribution in [2.24, 2.45) is 0 Å². The van der Waals surface area contributed by atoms with E-state index in [0.717, 1.165) is 18.2 Å². The van der Waals surface area contributed by atoms with Gasteiger partial charge in [-0.15, -0.1) is 6.58 Å². The fourth-order valence-electron chi connectivity index (χ4n) is 3.82. The van der Waals surface area contributed by atoms with Gasteiger partial charge in [-0.05, 0) is 78.7 Å². The molecule has 0 aliphatic rings. The van der Waals surface area contributed by atoms with E-state index in [0.29, 0.717) is 12.0 Å². The van der Waals surface area contributed by atoms with Gasteiger partial charge in [0.1, 0.15) is 23.0 Å². The van der Waals surface area contributed by atoms with Gasteiger partial charge in [0.25, 0.3) is 11.8 Å². The number of benzene rings is 4. The molecule has 0 bridgehead atoms. The van der Waals surface area contributed by atoms with E-state index in [9.17, 15) is 31.2 Å². The van der Waals surface area contributed by atoms with Gasteiger partial charge in [-0.2, -0.15) is 0 Å². The highest BCUT2D eigenvalue weighted by Gasteiger charge is 2.21. The molecule has 10 heteroatoms. The van der Waals surface area contributed by atoms with Crippen molar-refractivity contribution in [2.45, 2.75) is 16.2 Å². The average Bonchev–Trinajstić information content (AvgIpc) is 2.89. The van der Waals surface area contributed by atoms with Gasteiger partial charge in [-0.25, -0.2) is 21.6 Å². The molecule has 0 fully saturated rings. The molecule has 0 saturated carbocycles. The van der Waals surface area contributed by atoms with Crippen LogP contribution in [0.2, 0.25) is 0 Å². The van der Waals surface area contributed by atoms with Crippen LogP contribution in [0.15, 0.2) is 107 Å². The molecule has 2 amide bonds. The Balaban J connectivity index is 1.48. The van der Waals surface area contributed by atoms with E-state index in [-0.39, 0.29) is 26.7 Å². The summed E-state index contributed by atoms with van der Waals surface area (Å²) in [6.07, 6.45) is 1.84. The van der Waals surface area contributed by atoms with Gasteiger partial charge in [0.15, 0.2) is 0 Å². The minimum Gasteiger partial charge on any atom is -0.322 e. The van der Waals surface area contributed by atoms with Crippen molar-refractivity contribution >= 4 is 33.0 Å². The molecule has 0 radical (unpaired) electrons. The molecule has 6 nitrogen and oxygen atoms in total. The first-order valence-corrected chi connectivity index (χ1v) is 13.0. The summed E-state index contributed by atoms with van der Waals surface area (Å²) in [7, 11) is -3.98. The van der Waals surface area contributed by atoms with Crippen molar-refractivity contribution in [3.63, 3.8) is 0 Å². The number of sulfone groups is 1. The molecular weight excluding hydrogens is 529 g/mol. The Morgan fingerprint density at radius 3 is 1.54 bits per heavy atom. The smallest absolute Gasteiger partial charge is 0.261 e. The summed E-state index contributed by atoms with van der Waals surface area (Å²) in [5.41, 5.74) is -0.0403. The van der Waals surface area contributed by atoms with Gasteiger partial charge in [0.2, 0.25) is 9.84 Å². The number of carbonyl (C=O) groups excluding carboxylic acids is 2. The standard InChI is InChI=1S/C29H21F3N2O4S/c1-2-5-18-6-3-7-23(30)26(18)28(35)33-19-10-14-21(15-11-19)39(37,38)22-16-12-20(13-17-22)34-29(36)27-24(31)8-4-9-25(27)32/h2-4,6-17H,1,5H2,(H,33,35)(H,34,36). The normalized spacial score (nSPS) is 11.1. The largest absolute Gasteiger partial charge is 0.322 e. The predicted octanol–water partition coefficient (Wildman–Crippen LogP) is 6.17. The number of carbonyl (C=O) groups is 2. The summed E-state index contributed by atoms with van der Waals surface area (Å²) in [6.45, 7) is 3.61. The zero-order chi connectivity index (χ0) is 28.2. The van der Waals surface area contributed by atoms with E-state index >= 15 is 0 Å². The summed E-state index contributed by atoms with van der Waals surface area (Å²) >= 11 is 0. The van der Waals surface area contributed by atoms with Gasteiger partial charge < -0.3 is 10.6 Å². The quantitative estimate of drug-likeness (QED) is 0.257. The molecule has 4 aromatic rings. The van der Waals surface area contributed by atoms with E-state index in [1.54, 1.807) is 12.1 Å². The van der Waals surface area contributed by atoms with Crippen LogP contribution in [0.1, 0.15) is 26.3 Å². The zero-order valence-corrected chi connectivity index (χ0v) is 21.1. The summed E-state index contributed by atoms with van der Waals surface area (Å²) < 4.78 is 68.1. The third kappa shape index (κ3) is 5.91. The van der Waals surface area contributed by atoms with Crippen LogP contribution in [0.5, 0.6) is 0 Å². The number of hydrogen-bond donors (Lipinski definition) is 2. The van der Waals surface area contributed by atoms with Crippen LogP contribution in [0.3, 0.4) is 0 Å². The van der Waals surface area contributed by atoms with Crippen LogP contribution in [-0.4, -0.2) is 20.2 Å². The van der Waals surface area contributed by atoms with Gasteiger partial charge in [0.05, 0.1) is 15.4 Å². The van der Waals surface area contributed by atoms with Crippen molar-refractivity contribution in [3.8, 4) is 0 Å². The fourth-order valence-corrected chi connectivity index (χ4v) is 5.08. The Morgan fingerprint density at radius 1 is 0.667 bits per heavy atom. The van der Waals surface area contributed by atoms with Gasteiger partial charge >= 0.3 is 0 Å². The van der Waals surface area contributed by atoms with E-state index in [1.807, 2.05) is 0 Å². The highest BCUT2D eigenvalue weighted by atomic mass is 32.2. The van der Waals surface area contributed by atoms with Crippen molar-refractivity contribution in [1.29, 1.82) is 0 Å². The van der Waals surface area contributed by atoms with Crippen molar-refractivity contribution in [2.75, 3.05) is 10.6 Å². The topological polar surface area (TPSA) is 92.3 Å². The average molecular weight is 551 g/mol. The second kappa shape index (κ2) is 11.4. The van der Waals surface area contributed by atoms with Crippen LogP contribution in [0.4, 0.5) is 24.5 Å². The van der Waals surface area contributed by atoms with E-state index in [1.165, 1.54) is 60.7 Å². The Hall–Kier alpha value is -4.70. The first-order valence-electron chi connectivity index (χ1n) is 11.5. The van der Waals surface area contributed by atoms with Crippen molar-refractivity contribution in [3.05, 3.63) is 132 Å². The molecule has 0 saturated heterocycles. The maximum atomic E-state index is 14.3. The van der Waals surface area contributed by atoms with E-state index in [2.05, 4.69) is 17.2 Å². The van der Waals surface area contributed by atoms with Crippen LogP contribution in [0, 0.1) is 17.5 Å². The monoisotopic (exact) mass is 550 g/mol. The number of nitrogens with one attached hydrogen (secondary N) is 2. The third-order valence-corrected chi connectivity index (χ3v) is 7.51. The summed E-state index contributed by atoms with van der Waals surface area (Å²) in [5.74, 6) is -4.46. The molecule has 0 aliphatic heterocycles. The maximum absolute atomic E-state index is 14.3. The molecule has 4 rings (SSSR count). The first-order chi connectivity index (χ1) is 18.6. The minimum atomic E-state index is -3.98. The van der Waals surface area contributed by atoms with Crippen LogP contribution >= 0.6 is 0 Å². The Morgan fingerprint density at radius 2 is 1.08 bits per heavy atom. The summed E-state index contributed by atoms with van der Waals surface area (Å²) in [4.78, 5) is 24.8. The molecule has 0 aliphatic carbocycles. The number of amides is 2. The molecule has 0 spiro atoms. The molecule has 198 valence electrons. The number of rotatable bonds is 8. The maximum Gasteiger partial charge on any atom is 0.261 e. The third-order valence-electron chi connectivity index (χ3n) is 5.73. The minimum absolute atomic E-state index is 0.0797. The van der Waals surface area contributed by atoms with Gasteiger partial charge in [-0.1, -0.05) is 24.3 Å². The molecule has 39 heavy (non-hydrogen) atoms. The first kappa shape index (κ1) is 27.3. The lowest BCUT2D eigenvalue weighted by molar-refractivity contribution is 0.101. The Kier molecular flexibility index (Phi) is 7.96. The fraction of sp³-hybridized carbons (Fsp3) is 0.0345. The number of anilines is 2. The lowest BCUT2D eigenvalue weighted by atomic mass is 10.0. The summed E-state index contributed by atoms with van der Waals surface area (Å²) in [6, 6.07) is 17.7. The molecular formula is C29H21F3N2O4S. The zero-order valence-electron chi connectivity index (χ0n) is 20.2. The van der Waals surface area contributed by atoms with Gasteiger partial charge in [-0.3, -0.25) is 9.59 Å². The lowest BCUT2D eigenvalue weighted by Crippen LogP contribution is -2.16. The number of halogens is 3. The SMILES string of the molecule is C=CCc1cccc(F)c1C(=O)Nc1ccc(S(=O)(=O)c2ccc(NC(=O)c3c(F)cccc3F)cc2)cc1. The highest BCUT2D eigenvalue weighted by molar-refractivity contribution is 7.91. The number of allylic oxidation sites excluding steroid dienone is 1. The summed E-state index contributed by atoms with van der Waals surface area (Å²) in [5, 5.41) is 4.89. The second-order valence-corrected chi connectivity index (χ2v) is 10.3. The highest BCUT2D eigenvalue weighted by Crippen LogP contribution is 2.25. The second-order valence-electron chi connectivity index (χ2n) is 8.32. The molecule has 0 heterocycles. The Bertz CT molecular complexity index is 1650. The van der Waals surface area contributed by atoms with Crippen molar-refractivity contribution < 1.29 is 31.2 Å². The molecule has 0 atom stereocenters. The van der Waals surface area contributed by atoms with E-state index in [4.69, 9.17) is 0 Å². The number of hydrogen-bond acceptors (Lipinski definition) is 4. The van der Waals surface area contributed by atoms with Crippen LogP contribution in [-0.2, 0) is 16.3 Å². The van der Waals surface area contributed by atoms with E-state index < -0.39 is 44.7 Å². The molecule has 0 aromatic heterocycles. The molecule has 4 aromatic carbocycles. The van der Waals surface area contributed by atoms with Gasteiger partial charge in [0, 0.05) is 11.4 Å². The van der Waals surface area contributed by atoms with Crippen LogP contribution < -0.4 is 10.6 Å². The van der Waals surface area contributed by atoms with Crippen molar-refractivity contribution in [1.82, 2.24) is 0 Å². The predicted molar refractivity (Wildman–Crippen MR) is 141 cm³/mol.